The van der Waals surface area contributed by atoms with E-state index in [-0.39, 0.29) is 11.3 Å². The second-order valence-electron chi connectivity index (χ2n) is 7.41. The van der Waals surface area contributed by atoms with E-state index >= 15 is 0 Å². The van der Waals surface area contributed by atoms with Gasteiger partial charge >= 0.3 is 0 Å². The van der Waals surface area contributed by atoms with Crippen molar-refractivity contribution in [1.29, 1.82) is 0 Å². The molecule has 1 aliphatic rings. The Kier molecular flexibility index (Phi) is 4.59. The Morgan fingerprint density at radius 3 is 2.41 bits per heavy atom. The highest BCUT2D eigenvalue weighted by atomic mass is 16.5. The fourth-order valence-corrected chi connectivity index (χ4v) is 3.42. The number of ether oxygens (including phenoxy) is 2. The van der Waals surface area contributed by atoms with Crippen LogP contribution in [-0.4, -0.2) is 23.1 Å². The SMILES string of the molecule is COc1ccc(C(=O)c2ccc3c(c2)C(n2ccccc2=O)=CC(C)(C)O3)cc1. The molecule has 0 saturated carbocycles. The van der Waals surface area contributed by atoms with Crippen molar-refractivity contribution in [1.82, 2.24) is 4.57 Å². The first kappa shape index (κ1) is 18.7. The molecule has 2 aromatic carbocycles. The molecule has 0 fully saturated rings. The number of ketones is 1. The van der Waals surface area contributed by atoms with Gasteiger partial charge in [-0.1, -0.05) is 6.07 Å². The predicted octanol–water partition coefficient (Wildman–Crippen LogP) is 4.15. The normalized spacial score (nSPS) is 14.4. The first-order valence-corrected chi connectivity index (χ1v) is 9.31. The molecule has 0 N–H and O–H groups in total. The number of aromatic nitrogens is 1. The quantitative estimate of drug-likeness (QED) is 0.631. The van der Waals surface area contributed by atoms with Crippen molar-refractivity contribution in [2.45, 2.75) is 19.4 Å². The first-order valence-electron chi connectivity index (χ1n) is 9.31. The molecular weight excluding hydrogens is 366 g/mol. The number of hydrogen-bond acceptors (Lipinski definition) is 4. The minimum atomic E-state index is -0.584. The van der Waals surface area contributed by atoms with Crippen LogP contribution in [0, 0.1) is 0 Å². The van der Waals surface area contributed by atoms with Crippen molar-refractivity contribution in [2.24, 2.45) is 0 Å². The van der Waals surface area contributed by atoms with Crippen LogP contribution in [0.5, 0.6) is 11.5 Å². The van der Waals surface area contributed by atoms with E-state index in [1.54, 1.807) is 72.5 Å². The van der Waals surface area contributed by atoms with E-state index in [9.17, 15) is 9.59 Å². The second kappa shape index (κ2) is 7.09. The van der Waals surface area contributed by atoms with Crippen LogP contribution in [0.25, 0.3) is 5.70 Å². The van der Waals surface area contributed by atoms with Crippen LogP contribution < -0.4 is 15.0 Å². The van der Waals surface area contributed by atoms with Gasteiger partial charge in [-0.2, -0.15) is 0 Å². The van der Waals surface area contributed by atoms with Gasteiger partial charge in [0.15, 0.2) is 5.78 Å². The summed E-state index contributed by atoms with van der Waals surface area (Å²) in [7, 11) is 1.58. The van der Waals surface area contributed by atoms with E-state index < -0.39 is 5.60 Å². The minimum Gasteiger partial charge on any atom is -0.497 e. The molecule has 0 radical (unpaired) electrons. The zero-order valence-electron chi connectivity index (χ0n) is 16.5. The molecule has 0 saturated heterocycles. The smallest absolute Gasteiger partial charge is 0.255 e. The monoisotopic (exact) mass is 387 g/mol. The summed E-state index contributed by atoms with van der Waals surface area (Å²) >= 11 is 0. The van der Waals surface area contributed by atoms with E-state index in [4.69, 9.17) is 9.47 Å². The third-order valence-electron chi connectivity index (χ3n) is 4.81. The van der Waals surface area contributed by atoms with Gasteiger partial charge in [0.05, 0.1) is 12.8 Å². The largest absolute Gasteiger partial charge is 0.497 e. The van der Waals surface area contributed by atoms with Crippen molar-refractivity contribution in [2.75, 3.05) is 7.11 Å². The summed E-state index contributed by atoms with van der Waals surface area (Å²) in [6.07, 6.45) is 3.62. The van der Waals surface area contributed by atoms with Gasteiger partial charge in [0, 0.05) is 29.0 Å². The molecule has 5 nitrogen and oxygen atoms in total. The average Bonchev–Trinajstić information content (AvgIpc) is 2.72. The molecule has 0 atom stereocenters. The molecule has 4 rings (SSSR count). The van der Waals surface area contributed by atoms with E-state index in [1.807, 2.05) is 19.9 Å². The Labute approximate surface area is 168 Å². The van der Waals surface area contributed by atoms with Gasteiger partial charge in [-0.3, -0.25) is 14.2 Å². The zero-order valence-corrected chi connectivity index (χ0v) is 16.5. The Morgan fingerprint density at radius 1 is 1.00 bits per heavy atom. The standard InChI is InChI=1S/C24H21NO4/c1-24(2)15-20(25-13-5-4-6-22(25)26)19-14-17(9-12-21(19)29-24)23(27)16-7-10-18(28-3)11-8-16/h4-15H,1-3H3. The Morgan fingerprint density at radius 2 is 1.72 bits per heavy atom. The Bertz CT molecular complexity index is 1170. The number of rotatable bonds is 4. The van der Waals surface area contributed by atoms with Crippen molar-refractivity contribution in [3.8, 4) is 11.5 Å². The maximum Gasteiger partial charge on any atom is 0.255 e. The summed E-state index contributed by atoms with van der Waals surface area (Å²) in [5, 5.41) is 0. The van der Waals surface area contributed by atoms with Gasteiger partial charge in [0.25, 0.3) is 5.56 Å². The summed E-state index contributed by atoms with van der Waals surface area (Å²) in [5.41, 5.74) is 1.76. The van der Waals surface area contributed by atoms with Crippen LogP contribution >= 0.6 is 0 Å². The number of methoxy groups -OCH3 is 1. The van der Waals surface area contributed by atoms with Crippen LogP contribution in [0.15, 0.2) is 77.7 Å². The number of carbonyl (C=O) groups is 1. The summed E-state index contributed by atoms with van der Waals surface area (Å²) in [6, 6.07) is 17.3. The third kappa shape index (κ3) is 3.59. The molecule has 0 bridgehead atoms. The third-order valence-corrected chi connectivity index (χ3v) is 4.81. The molecule has 1 aliphatic heterocycles. The lowest BCUT2D eigenvalue weighted by Crippen LogP contribution is -2.32. The summed E-state index contributed by atoms with van der Waals surface area (Å²) < 4.78 is 12.8. The van der Waals surface area contributed by atoms with Crippen molar-refractivity contribution >= 4 is 11.5 Å². The van der Waals surface area contributed by atoms with Gasteiger partial charge in [-0.05, 0) is 68.5 Å². The van der Waals surface area contributed by atoms with Crippen molar-refractivity contribution in [3.05, 3.63) is 100.0 Å². The predicted molar refractivity (Wildman–Crippen MR) is 112 cm³/mol. The average molecular weight is 387 g/mol. The summed E-state index contributed by atoms with van der Waals surface area (Å²) in [6.45, 7) is 3.86. The second-order valence-corrected chi connectivity index (χ2v) is 7.41. The molecular formula is C24H21NO4. The van der Waals surface area contributed by atoms with Crippen LogP contribution in [-0.2, 0) is 0 Å². The molecule has 146 valence electrons. The van der Waals surface area contributed by atoms with Gasteiger partial charge < -0.3 is 9.47 Å². The molecule has 5 heteroatoms. The number of pyridine rings is 1. The van der Waals surface area contributed by atoms with E-state index in [1.165, 1.54) is 6.07 Å². The Hall–Kier alpha value is -3.60. The number of carbonyl (C=O) groups excluding carboxylic acids is 1. The summed E-state index contributed by atoms with van der Waals surface area (Å²) in [4.78, 5) is 25.4. The van der Waals surface area contributed by atoms with Gasteiger partial charge in [0.2, 0.25) is 0 Å². The first-order chi connectivity index (χ1) is 13.9. The lowest BCUT2D eigenvalue weighted by atomic mass is 9.95. The number of hydrogen-bond donors (Lipinski definition) is 0. The van der Waals surface area contributed by atoms with Gasteiger partial charge in [0.1, 0.15) is 17.1 Å². The highest BCUT2D eigenvalue weighted by Crippen LogP contribution is 2.37. The lowest BCUT2D eigenvalue weighted by Gasteiger charge is -2.31. The fourth-order valence-electron chi connectivity index (χ4n) is 3.42. The molecule has 3 aromatic rings. The highest BCUT2D eigenvalue weighted by molar-refractivity contribution is 6.09. The van der Waals surface area contributed by atoms with Gasteiger partial charge in [-0.25, -0.2) is 0 Å². The van der Waals surface area contributed by atoms with Crippen LogP contribution in [0.3, 0.4) is 0 Å². The van der Waals surface area contributed by atoms with E-state index in [0.29, 0.717) is 33.9 Å². The minimum absolute atomic E-state index is 0.111. The molecule has 29 heavy (non-hydrogen) atoms. The van der Waals surface area contributed by atoms with Crippen LogP contribution in [0.1, 0.15) is 35.3 Å². The van der Waals surface area contributed by atoms with Gasteiger partial charge in [-0.15, -0.1) is 0 Å². The Balaban J connectivity index is 1.81. The number of nitrogens with zero attached hydrogens (tertiary/aromatic N) is 1. The highest BCUT2D eigenvalue weighted by Gasteiger charge is 2.28. The molecule has 2 heterocycles. The fraction of sp³-hybridized carbons (Fsp3) is 0.167. The van der Waals surface area contributed by atoms with Crippen LogP contribution in [0.2, 0.25) is 0 Å². The molecule has 0 amide bonds. The molecule has 0 aliphatic carbocycles. The topological polar surface area (TPSA) is 57.5 Å². The zero-order chi connectivity index (χ0) is 20.6. The van der Waals surface area contributed by atoms with E-state index in [2.05, 4.69) is 0 Å². The number of benzene rings is 2. The lowest BCUT2D eigenvalue weighted by molar-refractivity contribution is 0.103. The summed E-state index contributed by atoms with van der Waals surface area (Å²) in [5.74, 6) is 1.21. The molecule has 1 aromatic heterocycles. The van der Waals surface area contributed by atoms with Crippen LogP contribution in [0.4, 0.5) is 0 Å². The van der Waals surface area contributed by atoms with Crippen molar-refractivity contribution in [3.63, 3.8) is 0 Å². The molecule has 0 spiro atoms. The maximum atomic E-state index is 13.0. The van der Waals surface area contributed by atoms with Crippen molar-refractivity contribution < 1.29 is 14.3 Å². The number of fused-ring (bicyclic) bond motifs is 1. The molecule has 0 unspecified atom stereocenters. The van der Waals surface area contributed by atoms with E-state index in [0.717, 1.165) is 0 Å². The maximum absolute atomic E-state index is 13.0.